The maximum absolute atomic E-state index is 13.7. The van der Waals surface area contributed by atoms with E-state index in [-0.39, 0.29) is 53.0 Å². The summed E-state index contributed by atoms with van der Waals surface area (Å²) >= 11 is 0. The van der Waals surface area contributed by atoms with Crippen LogP contribution in [0.25, 0.3) is 0 Å². The molecule has 0 aromatic heterocycles. The van der Waals surface area contributed by atoms with Crippen molar-refractivity contribution < 1.29 is 44.6 Å². The largest absolute Gasteiger partial charge is 0.479 e. The van der Waals surface area contributed by atoms with Gasteiger partial charge in [-0.1, -0.05) is 52.0 Å². The van der Waals surface area contributed by atoms with E-state index in [1.54, 1.807) is 6.08 Å². The number of hydrogen-bond acceptors (Lipinski definition) is 8. The Morgan fingerprint density at radius 3 is 2.30 bits per heavy atom. The first-order valence-corrected chi connectivity index (χ1v) is 18.1. The number of carboxylic acid groups (broad SMARTS) is 1. The van der Waals surface area contributed by atoms with E-state index < -0.39 is 47.5 Å². The van der Waals surface area contributed by atoms with Crippen molar-refractivity contribution >= 4 is 11.9 Å². The molecule has 47 heavy (non-hydrogen) atoms. The van der Waals surface area contributed by atoms with Crippen LogP contribution >= 0.6 is 0 Å². The highest BCUT2D eigenvalue weighted by atomic mass is 16.6. The second kappa shape index (κ2) is 11.9. The summed E-state index contributed by atoms with van der Waals surface area (Å²) in [6, 6.07) is 0. The van der Waals surface area contributed by atoms with Crippen molar-refractivity contribution in [2.75, 3.05) is 6.61 Å². The predicted molar refractivity (Wildman–Crippen MR) is 175 cm³/mol. The lowest BCUT2D eigenvalue weighted by molar-refractivity contribution is -0.244. The molecule has 0 spiro atoms. The fourth-order valence-electron chi connectivity index (χ4n) is 12.3. The zero-order valence-corrected chi connectivity index (χ0v) is 29.0. The van der Waals surface area contributed by atoms with Gasteiger partial charge in [0, 0.05) is 0 Å². The number of rotatable bonds is 6. The molecule has 4 saturated carbocycles. The summed E-state index contributed by atoms with van der Waals surface area (Å²) in [5, 5.41) is 53.3. The van der Waals surface area contributed by atoms with E-state index in [0.717, 1.165) is 57.8 Å². The number of ether oxygens (including phenoxy) is 2. The van der Waals surface area contributed by atoms with Crippen molar-refractivity contribution in [3.05, 3.63) is 24.3 Å². The molecule has 0 radical (unpaired) electrons. The summed E-state index contributed by atoms with van der Waals surface area (Å²) < 4.78 is 11.4. The summed E-state index contributed by atoms with van der Waals surface area (Å²) in [5.41, 5.74) is -0.0359. The monoisotopic (exact) mass is 658 g/mol. The molecule has 0 aromatic carbocycles. The summed E-state index contributed by atoms with van der Waals surface area (Å²) in [7, 11) is 0. The van der Waals surface area contributed by atoms with Crippen molar-refractivity contribution in [1.82, 2.24) is 0 Å². The van der Waals surface area contributed by atoms with E-state index in [9.17, 15) is 35.1 Å². The normalized spacial score (nSPS) is 50.4. The minimum atomic E-state index is -1.73. The van der Waals surface area contributed by atoms with Crippen molar-refractivity contribution in [3.8, 4) is 0 Å². The van der Waals surface area contributed by atoms with Gasteiger partial charge < -0.3 is 35.0 Å². The number of carboxylic acids is 1. The van der Waals surface area contributed by atoms with Crippen LogP contribution < -0.4 is 0 Å². The van der Waals surface area contributed by atoms with Gasteiger partial charge in [0.25, 0.3) is 0 Å². The Balaban J connectivity index is 1.26. The molecule has 9 nitrogen and oxygen atoms in total. The highest BCUT2D eigenvalue weighted by Gasteiger charge is 2.67. The first-order chi connectivity index (χ1) is 21.9. The van der Waals surface area contributed by atoms with Gasteiger partial charge >= 0.3 is 11.9 Å². The topological polar surface area (TPSA) is 154 Å². The summed E-state index contributed by atoms with van der Waals surface area (Å²) in [4.78, 5) is 25.5. The molecular formula is C38H58O9. The highest BCUT2D eigenvalue weighted by molar-refractivity contribution is 5.78. The molecule has 1 aliphatic heterocycles. The van der Waals surface area contributed by atoms with Gasteiger partial charge in [0.05, 0.1) is 17.1 Å². The van der Waals surface area contributed by atoms with Crippen LogP contribution in [0.1, 0.15) is 105 Å². The zero-order chi connectivity index (χ0) is 34.3. The minimum absolute atomic E-state index is 0.00142. The molecule has 5 fully saturated rings. The molecule has 6 rings (SSSR count). The molecule has 1 heterocycles. The van der Waals surface area contributed by atoms with Gasteiger partial charge in [-0.05, 0) is 123 Å². The van der Waals surface area contributed by atoms with Crippen LogP contribution in [0.15, 0.2) is 24.3 Å². The number of carbonyl (C=O) groups excluding carboxylic acids is 1. The van der Waals surface area contributed by atoms with E-state index in [1.807, 2.05) is 6.92 Å². The average molecular weight is 659 g/mol. The molecule has 9 heteroatoms. The average Bonchev–Trinajstić information content (AvgIpc) is 3.00. The number of hydrogen-bond donors (Lipinski definition) is 5. The number of allylic oxidation sites excluding steroid dienone is 2. The molecule has 6 aliphatic rings. The van der Waals surface area contributed by atoms with Crippen LogP contribution in [0.5, 0.6) is 0 Å². The van der Waals surface area contributed by atoms with E-state index in [4.69, 9.17) is 9.47 Å². The lowest BCUT2D eigenvalue weighted by atomic mass is 9.37. The molecule has 5 aliphatic carbocycles. The van der Waals surface area contributed by atoms with Crippen LogP contribution in [-0.4, -0.2) is 80.2 Å². The Morgan fingerprint density at radius 1 is 0.915 bits per heavy atom. The van der Waals surface area contributed by atoms with E-state index in [1.165, 1.54) is 5.57 Å². The van der Waals surface area contributed by atoms with Crippen molar-refractivity contribution in [2.45, 2.75) is 141 Å². The third-order valence-electron chi connectivity index (χ3n) is 14.9. The molecular weight excluding hydrogens is 600 g/mol. The Labute approximate surface area is 279 Å². The number of fused-ring (bicyclic) bond motifs is 7. The molecule has 14 atom stereocenters. The molecule has 0 bridgehead atoms. The van der Waals surface area contributed by atoms with Crippen LogP contribution in [0, 0.1) is 51.2 Å². The molecule has 1 saturated heterocycles. The van der Waals surface area contributed by atoms with Crippen LogP contribution in [-0.2, 0) is 19.1 Å². The summed E-state index contributed by atoms with van der Waals surface area (Å²) in [6.45, 7) is 15.4. The van der Waals surface area contributed by atoms with E-state index in [0.29, 0.717) is 18.3 Å². The van der Waals surface area contributed by atoms with Gasteiger partial charge in [0.1, 0.15) is 24.9 Å². The number of carbonyl (C=O) groups is 2. The van der Waals surface area contributed by atoms with Gasteiger partial charge in [-0.25, -0.2) is 4.79 Å². The van der Waals surface area contributed by atoms with Crippen LogP contribution in [0.3, 0.4) is 0 Å². The predicted octanol–water partition coefficient (Wildman–Crippen LogP) is 4.79. The van der Waals surface area contributed by atoms with E-state index >= 15 is 0 Å². The lowest BCUT2D eigenvalue weighted by Crippen LogP contribution is -2.65. The van der Waals surface area contributed by atoms with Gasteiger partial charge in [0.15, 0.2) is 6.10 Å². The van der Waals surface area contributed by atoms with Crippen molar-refractivity contribution in [2.24, 2.45) is 51.2 Å². The lowest BCUT2D eigenvalue weighted by Gasteiger charge is -2.68. The summed E-state index contributed by atoms with van der Waals surface area (Å²) in [6.07, 6.45) is 5.87. The Kier molecular flexibility index (Phi) is 8.90. The molecule has 5 N–H and O–H groups in total. The number of esters is 1. The van der Waals surface area contributed by atoms with Gasteiger partial charge in [-0.2, -0.15) is 0 Å². The maximum atomic E-state index is 13.7. The molecule has 0 amide bonds. The van der Waals surface area contributed by atoms with Gasteiger partial charge in [-0.15, -0.1) is 0 Å². The Morgan fingerprint density at radius 2 is 1.62 bits per heavy atom. The Bertz CT molecular complexity index is 1290. The fourth-order valence-corrected chi connectivity index (χ4v) is 12.3. The van der Waals surface area contributed by atoms with E-state index in [2.05, 4.69) is 40.3 Å². The first kappa shape index (κ1) is 35.1. The second-order valence-electron chi connectivity index (χ2n) is 17.8. The van der Waals surface area contributed by atoms with Gasteiger partial charge in [-0.3, -0.25) is 4.79 Å². The standard InChI is InChI=1S/C38H58O9/c1-7-18-46-33(44)38-15-11-23-22(24(38)20-34(2,3)16-17-38)8-9-26-35(23,4)14-12-27-36(26,5)13-10-21(37(27,6)45)19-25-28(39)29(40)30(41)31(47-25)32(42)43/h7-8,21,23-31,39-41,45H,1,9-20H2,2-6H3,(H,42,43)/t21?,23?,24?,25?,26?,27?,28?,29?,30?,31?,35?,36?,37-,38?/m1/s1. The quantitative estimate of drug-likeness (QED) is 0.200. The first-order valence-electron chi connectivity index (χ1n) is 18.1. The van der Waals surface area contributed by atoms with Crippen molar-refractivity contribution in [1.29, 1.82) is 0 Å². The third kappa shape index (κ3) is 5.36. The Hall–Kier alpha value is -1.78. The highest BCUT2D eigenvalue weighted by Crippen LogP contribution is 2.72. The molecule has 13 unspecified atom stereocenters. The minimum Gasteiger partial charge on any atom is -0.479 e. The molecule has 264 valence electrons. The smallest absolute Gasteiger partial charge is 0.335 e. The maximum Gasteiger partial charge on any atom is 0.335 e. The zero-order valence-electron chi connectivity index (χ0n) is 29.0. The second-order valence-corrected chi connectivity index (χ2v) is 17.8. The molecule has 0 aromatic rings. The van der Waals surface area contributed by atoms with Crippen LogP contribution in [0.4, 0.5) is 0 Å². The fraction of sp³-hybridized carbons (Fsp3) is 0.842. The SMILES string of the molecule is C=CCOC(=O)C12CCC3C(=CCC4C3(C)CCC3C4(C)CCC(CC4OC(C(=O)O)C(O)C(O)C4O)[C@@]3(C)O)C1CC(C)(C)CC2. The number of aliphatic carboxylic acids is 1. The number of aliphatic hydroxyl groups excluding tert-OH is 3. The number of aliphatic hydroxyl groups is 4. The van der Waals surface area contributed by atoms with Crippen molar-refractivity contribution in [3.63, 3.8) is 0 Å². The van der Waals surface area contributed by atoms with Crippen LogP contribution in [0.2, 0.25) is 0 Å². The van der Waals surface area contributed by atoms with Gasteiger partial charge in [0.2, 0.25) is 0 Å². The summed E-state index contributed by atoms with van der Waals surface area (Å²) in [5.74, 6) is -0.800. The third-order valence-corrected chi connectivity index (χ3v) is 14.9.